The molecule has 0 saturated carbocycles. The molecule has 3 rings (SSSR count). The van der Waals surface area contributed by atoms with Crippen LogP contribution in [0, 0.1) is 6.92 Å². The molecule has 126 valence electrons. The summed E-state index contributed by atoms with van der Waals surface area (Å²) in [7, 11) is 0. The highest BCUT2D eigenvalue weighted by atomic mass is 16.2. The van der Waals surface area contributed by atoms with E-state index in [0.29, 0.717) is 5.69 Å². The topological polar surface area (TPSA) is 64.0 Å². The molecule has 0 spiro atoms. The molecule has 5 heteroatoms. The smallest absolute Gasteiger partial charge is 0.280 e. The number of aromatic nitrogens is 2. The van der Waals surface area contributed by atoms with Crippen molar-refractivity contribution < 1.29 is 4.79 Å². The van der Waals surface area contributed by atoms with Crippen LogP contribution in [0.15, 0.2) is 65.6 Å². The van der Waals surface area contributed by atoms with Crippen molar-refractivity contribution in [3.63, 3.8) is 0 Å². The number of anilines is 1. The van der Waals surface area contributed by atoms with Gasteiger partial charge in [0.1, 0.15) is 0 Å². The first-order chi connectivity index (χ1) is 12.1. The van der Waals surface area contributed by atoms with E-state index in [1.807, 2.05) is 55.5 Å². The van der Waals surface area contributed by atoms with Crippen LogP contribution in [0.25, 0.3) is 5.69 Å². The molecular weight excluding hydrogens is 314 g/mol. The van der Waals surface area contributed by atoms with Crippen LogP contribution < -0.4 is 10.7 Å². The van der Waals surface area contributed by atoms with Gasteiger partial charge in [0.2, 0.25) is 5.43 Å². The normalized spacial score (nSPS) is 10.5. The van der Waals surface area contributed by atoms with E-state index in [2.05, 4.69) is 17.3 Å². The second-order valence-electron chi connectivity index (χ2n) is 5.81. The summed E-state index contributed by atoms with van der Waals surface area (Å²) in [6.07, 6.45) is 2.48. The fraction of sp³-hybridized carbons (Fsp3) is 0.150. The first kappa shape index (κ1) is 16.6. The standard InChI is InChI=1S/C20H19N3O2/c1-3-15-6-8-16(9-7-15)21-20(25)19-18(24)12-13-23(22-19)17-10-4-14(2)5-11-17/h4-13H,3H2,1-2H3,(H,21,25). The first-order valence-electron chi connectivity index (χ1n) is 8.14. The van der Waals surface area contributed by atoms with Crippen LogP contribution in [0.3, 0.4) is 0 Å². The van der Waals surface area contributed by atoms with Gasteiger partial charge in [-0.1, -0.05) is 36.8 Å². The highest BCUT2D eigenvalue weighted by Gasteiger charge is 2.13. The Morgan fingerprint density at radius 3 is 2.36 bits per heavy atom. The van der Waals surface area contributed by atoms with E-state index in [0.717, 1.165) is 17.7 Å². The number of nitrogens with zero attached hydrogens (tertiary/aromatic N) is 2. The third-order valence-electron chi connectivity index (χ3n) is 3.94. The fourth-order valence-electron chi connectivity index (χ4n) is 2.42. The molecule has 0 aliphatic rings. The average molecular weight is 333 g/mol. The van der Waals surface area contributed by atoms with Gasteiger partial charge in [0.25, 0.3) is 5.91 Å². The van der Waals surface area contributed by atoms with Gasteiger partial charge in [-0.3, -0.25) is 9.59 Å². The molecule has 25 heavy (non-hydrogen) atoms. The number of carbonyl (C=O) groups is 1. The predicted octanol–water partition coefficient (Wildman–Crippen LogP) is 3.36. The third kappa shape index (κ3) is 3.83. The van der Waals surface area contributed by atoms with Crippen molar-refractivity contribution in [2.45, 2.75) is 20.3 Å². The molecule has 0 saturated heterocycles. The minimum atomic E-state index is -0.518. The van der Waals surface area contributed by atoms with E-state index in [1.165, 1.54) is 16.3 Å². The second kappa shape index (κ2) is 7.13. The summed E-state index contributed by atoms with van der Waals surface area (Å²) in [5.74, 6) is -0.518. The lowest BCUT2D eigenvalue weighted by Gasteiger charge is -2.09. The fourth-order valence-corrected chi connectivity index (χ4v) is 2.42. The summed E-state index contributed by atoms with van der Waals surface area (Å²) in [4.78, 5) is 24.5. The van der Waals surface area contributed by atoms with Gasteiger partial charge < -0.3 is 5.32 Å². The number of carbonyl (C=O) groups excluding carboxylic acids is 1. The molecule has 0 atom stereocenters. The Morgan fingerprint density at radius 1 is 1.04 bits per heavy atom. The molecule has 1 amide bonds. The predicted molar refractivity (Wildman–Crippen MR) is 98.3 cm³/mol. The Balaban J connectivity index is 1.87. The molecular formula is C20H19N3O2. The molecule has 0 aliphatic heterocycles. The number of aryl methyl sites for hydroxylation is 2. The minimum Gasteiger partial charge on any atom is -0.320 e. The molecule has 3 aromatic rings. The Bertz CT molecular complexity index is 942. The van der Waals surface area contributed by atoms with Gasteiger partial charge in [0.15, 0.2) is 5.69 Å². The van der Waals surface area contributed by atoms with Crippen LogP contribution in [0.5, 0.6) is 0 Å². The Morgan fingerprint density at radius 2 is 1.72 bits per heavy atom. The van der Waals surface area contributed by atoms with E-state index in [1.54, 1.807) is 6.20 Å². The van der Waals surface area contributed by atoms with Crippen LogP contribution in [-0.2, 0) is 6.42 Å². The van der Waals surface area contributed by atoms with Gasteiger partial charge in [-0.15, -0.1) is 0 Å². The number of nitrogens with one attached hydrogen (secondary N) is 1. The van der Waals surface area contributed by atoms with Crippen molar-refractivity contribution in [2.75, 3.05) is 5.32 Å². The van der Waals surface area contributed by atoms with Crippen LogP contribution in [0.4, 0.5) is 5.69 Å². The van der Waals surface area contributed by atoms with Gasteiger partial charge in [0, 0.05) is 18.0 Å². The van der Waals surface area contributed by atoms with Gasteiger partial charge in [-0.05, 0) is 43.2 Å². The van der Waals surface area contributed by atoms with Gasteiger partial charge >= 0.3 is 0 Å². The van der Waals surface area contributed by atoms with Crippen molar-refractivity contribution in [2.24, 2.45) is 0 Å². The molecule has 1 heterocycles. The number of rotatable bonds is 4. The van der Waals surface area contributed by atoms with Crippen LogP contribution in [0.2, 0.25) is 0 Å². The summed E-state index contributed by atoms with van der Waals surface area (Å²) in [5, 5.41) is 6.92. The molecule has 1 N–H and O–H groups in total. The lowest BCUT2D eigenvalue weighted by atomic mass is 10.1. The molecule has 0 radical (unpaired) electrons. The second-order valence-corrected chi connectivity index (χ2v) is 5.81. The SMILES string of the molecule is CCc1ccc(NC(=O)c2nn(-c3ccc(C)cc3)ccc2=O)cc1. The zero-order valence-electron chi connectivity index (χ0n) is 14.2. The Kier molecular flexibility index (Phi) is 4.75. The molecule has 1 aromatic heterocycles. The molecule has 0 aliphatic carbocycles. The zero-order valence-corrected chi connectivity index (χ0v) is 14.2. The summed E-state index contributed by atoms with van der Waals surface area (Å²) in [6, 6.07) is 16.5. The quantitative estimate of drug-likeness (QED) is 0.796. The Labute approximate surface area is 145 Å². The van der Waals surface area contributed by atoms with Gasteiger partial charge in [0.05, 0.1) is 5.69 Å². The molecule has 0 bridgehead atoms. The lowest BCUT2D eigenvalue weighted by molar-refractivity contribution is 0.101. The van der Waals surface area contributed by atoms with Crippen LogP contribution in [0.1, 0.15) is 28.5 Å². The summed E-state index contributed by atoms with van der Waals surface area (Å²) >= 11 is 0. The van der Waals surface area contributed by atoms with Crippen molar-refractivity contribution in [1.29, 1.82) is 0 Å². The summed E-state index contributed by atoms with van der Waals surface area (Å²) in [6.45, 7) is 4.06. The van der Waals surface area contributed by atoms with Crippen LogP contribution in [-0.4, -0.2) is 15.7 Å². The van der Waals surface area contributed by atoms with Crippen molar-refractivity contribution in [3.05, 3.63) is 87.8 Å². The zero-order chi connectivity index (χ0) is 17.8. The van der Waals surface area contributed by atoms with Gasteiger partial charge in [-0.2, -0.15) is 5.10 Å². The van der Waals surface area contributed by atoms with E-state index in [9.17, 15) is 9.59 Å². The summed E-state index contributed by atoms with van der Waals surface area (Å²) < 4.78 is 1.52. The molecule has 2 aromatic carbocycles. The highest BCUT2D eigenvalue weighted by molar-refractivity contribution is 6.02. The van der Waals surface area contributed by atoms with Gasteiger partial charge in [-0.25, -0.2) is 4.68 Å². The van der Waals surface area contributed by atoms with Crippen molar-refractivity contribution >= 4 is 11.6 Å². The van der Waals surface area contributed by atoms with E-state index < -0.39 is 11.3 Å². The number of hydrogen-bond acceptors (Lipinski definition) is 3. The van der Waals surface area contributed by atoms with E-state index in [4.69, 9.17) is 0 Å². The van der Waals surface area contributed by atoms with Crippen molar-refractivity contribution in [1.82, 2.24) is 9.78 Å². The van der Waals surface area contributed by atoms with E-state index >= 15 is 0 Å². The third-order valence-corrected chi connectivity index (χ3v) is 3.94. The number of hydrogen-bond donors (Lipinski definition) is 1. The maximum Gasteiger partial charge on any atom is 0.280 e. The lowest BCUT2D eigenvalue weighted by Crippen LogP contribution is -2.25. The van der Waals surface area contributed by atoms with E-state index in [-0.39, 0.29) is 5.69 Å². The average Bonchev–Trinajstić information content (AvgIpc) is 2.63. The molecule has 5 nitrogen and oxygen atoms in total. The monoisotopic (exact) mass is 333 g/mol. The number of benzene rings is 2. The van der Waals surface area contributed by atoms with Crippen molar-refractivity contribution in [3.8, 4) is 5.69 Å². The minimum absolute atomic E-state index is 0.136. The highest BCUT2D eigenvalue weighted by Crippen LogP contribution is 2.11. The maximum absolute atomic E-state index is 12.4. The Hall–Kier alpha value is -3.21. The first-order valence-corrected chi connectivity index (χ1v) is 8.14. The van der Waals surface area contributed by atoms with Crippen LogP contribution >= 0.6 is 0 Å². The molecule has 0 fully saturated rings. The maximum atomic E-state index is 12.4. The largest absolute Gasteiger partial charge is 0.320 e. The number of amides is 1. The summed E-state index contributed by atoms with van der Waals surface area (Å²) in [5.41, 5.74) is 3.17. The molecule has 0 unspecified atom stereocenters.